The van der Waals surface area contributed by atoms with E-state index in [0.717, 1.165) is 61.1 Å². The van der Waals surface area contributed by atoms with Crippen molar-refractivity contribution < 1.29 is 13.9 Å². The maximum Gasteiger partial charge on any atom is 0.235 e. The minimum absolute atomic E-state index is 0.00574. The van der Waals surface area contributed by atoms with Gasteiger partial charge in [-0.1, -0.05) is 38.3 Å². The van der Waals surface area contributed by atoms with E-state index in [0.29, 0.717) is 0 Å². The number of aryl methyl sites for hydroxylation is 1. The molecule has 1 fully saturated rings. The van der Waals surface area contributed by atoms with Gasteiger partial charge >= 0.3 is 0 Å². The van der Waals surface area contributed by atoms with Crippen LogP contribution >= 0.6 is 0 Å². The van der Waals surface area contributed by atoms with Gasteiger partial charge in [0.05, 0.1) is 11.5 Å². The lowest BCUT2D eigenvalue weighted by Gasteiger charge is -2.36. The largest absolute Gasteiger partial charge is 0.490 e. The van der Waals surface area contributed by atoms with Crippen molar-refractivity contribution in [3.8, 4) is 5.75 Å². The molecule has 1 amide bonds. The number of hydrogen-bond donors (Lipinski definition) is 1. The Bertz CT molecular complexity index is 810. The summed E-state index contributed by atoms with van der Waals surface area (Å²) in [5, 5.41) is 3.11. The highest BCUT2D eigenvalue weighted by molar-refractivity contribution is 5.99. The molecule has 1 atom stereocenters. The van der Waals surface area contributed by atoms with Gasteiger partial charge in [-0.2, -0.15) is 0 Å². The van der Waals surface area contributed by atoms with Gasteiger partial charge in [-0.05, 0) is 74.6 Å². The van der Waals surface area contributed by atoms with E-state index in [1.807, 2.05) is 32.0 Å². The molecule has 4 heteroatoms. The van der Waals surface area contributed by atoms with E-state index >= 15 is 0 Å². The van der Waals surface area contributed by atoms with Crippen molar-refractivity contribution in [2.45, 2.75) is 70.8 Å². The third-order valence-corrected chi connectivity index (χ3v) is 5.87. The number of amides is 1. The average molecular weight is 384 g/mol. The van der Waals surface area contributed by atoms with Crippen LogP contribution in [-0.4, -0.2) is 12.0 Å². The first-order valence-corrected chi connectivity index (χ1v) is 10.3. The number of anilines is 1. The predicted molar refractivity (Wildman–Crippen MR) is 111 cm³/mol. The number of nitrogens with one attached hydrogen (secondary N) is 1. The Morgan fingerprint density at radius 3 is 2.43 bits per heavy atom. The van der Waals surface area contributed by atoms with E-state index < -0.39 is 5.41 Å². The second-order valence-electron chi connectivity index (χ2n) is 7.92. The molecule has 0 radical (unpaired) electrons. The van der Waals surface area contributed by atoms with Gasteiger partial charge in [0.25, 0.3) is 0 Å². The molecule has 28 heavy (non-hydrogen) atoms. The van der Waals surface area contributed by atoms with Crippen LogP contribution in [0.25, 0.3) is 0 Å². The summed E-state index contributed by atoms with van der Waals surface area (Å²) in [6, 6.07) is 12.2. The molecule has 2 aromatic carbocycles. The molecule has 0 bridgehead atoms. The molecule has 0 heterocycles. The standard InChI is InChI=1S/C24H30FNO2/c1-4-18(3)28-22-13-12-21(16-17(22)2)26-23(27)24(14-6-5-7-15-24)19-8-10-20(25)11-9-19/h8-13,16,18H,4-7,14-15H2,1-3H3,(H,26,27). The predicted octanol–water partition coefficient (Wildman–Crippen LogP) is 6.15. The SMILES string of the molecule is CCC(C)Oc1ccc(NC(=O)C2(c3ccc(F)cc3)CCCCC2)cc1C. The molecular formula is C24H30FNO2. The lowest BCUT2D eigenvalue weighted by molar-refractivity contribution is -0.122. The van der Waals surface area contributed by atoms with Crippen LogP contribution in [0.1, 0.15) is 63.5 Å². The Morgan fingerprint density at radius 2 is 1.82 bits per heavy atom. The van der Waals surface area contributed by atoms with Crippen molar-refractivity contribution in [3.63, 3.8) is 0 Å². The number of halogens is 1. The molecule has 2 aromatic rings. The number of benzene rings is 2. The van der Waals surface area contributed by atoms with E-state index in [4.69, 9.17) is 4.74 Å². The van der Waals surface area contributed by atoms with Crippen LogP contribution in [0, 0.1) is 12.7 Å². The fourth-order valence-electron chi connectivity index (χ4n) is 3.98. The van der Waals surface area contributed by atoms with E-state index in [1.165, 1.54) is 12.1 Å². The first-order valence-electron chi connectivity index (χ1n) is 10.3. The van der Waals surface area contributed by atoms with Gasteiger partial charge in [0.15, 0.2) is 0 Å². The van der Waals surface area contributed by atoms with Gasteiger partial charge in [-0.3, -0.25) is 4.79 Å². The van der Waals surface area contributed by atoms with Crippen molar-refractivity contribution in [1.82, 2.24) is 0 Å². The topological polar surface area (TPSA) is 38.3 Å². The van der Waals surface area contributed by atoms with E-state index in [-0.39, 0.29) is 17.8 Å². The second kappa shape index (κ2) is 8.76. The van der Waals surface area contributed by atoms with Crippen molar-refractivity contribution >= 4 is 11.6 Å². The summed E-state index contributed by atoms with van der Waals surface area (Å²) >= 11 is 0. The summed E-state index contributed by atoms with van der Waals surface area (Å²) in [5.41, 5.74) is 2.08. The third-order valence-electron chi connectivity index (χ3n) is 5.87. The van der Waals surface area contributed by atoms with Crippen LogP contribution in [0.15, 0.2) is 42.5 Å². The summed E-state index contributed by atoms with van der Waals surface area (Å²) < 4.78 is 19.3. The number of rotatable bonds is 6. The molecule has 0 aliphatic heterocycles. The maximum atomic E-state index is 13.4. The minimum Gasteiger partial charge on any atom is -0.490 e. The lowest BCUT2D eigenvalue weighted by Crippen LogP contribution is -2.42. The quantitative estimate of drug-likeness (QED) is 0.649. The number of carbonyl (C=O) groups excluding carboxylic acids is 1. The van der Waals surface area contributed by atoms with Gasteiger partial charge in [-0.25, -0.2) is 4.39 Å². The molecule has 3 nitrogen and oxygen atoms in total. The third kappa shape index (κ3) is 4.37. The van der Waals surface area contributed by atoms with Crippen molar-refractivity contribution in [2.24, 2.45) is 0 Å². The minimum atomic E-state index is -0.592. The van der Waals surface area contributed by atoms with Gasteiger partial charge < -0.3 is 10.1 Å². The molecule has 1 aliphatic rings. The molecular weight excluding hydrogens is 353 g/mol. The van der Waals surface area contributed by atoms with E-state index in [2.05, 4.69) is 12.2 Å². The molecule has 3 rings (SSSR count). The first-order chi connectivity index (χ1) is 13.4. The van der Waals surface area contributed by atoms with Crippen molar-refractivity contribution in [2.75, 3.05) is 5.32 Å². The fourth-order valence-corrected chi connectivity index (χ4v) is 3.98. The van der Waals surface area contributed by atoms with Crippen LogP contribution in [0.4, 0.5) is 10.1 Å². The Kier molecular flexibility index (Phi) is 6.38. The zero-order valence-electron chi connectivity index (χ0n) is 17.1. The average Bonchev–Trinajstić information content (AvgIpc) is 2.71. The summed E-state index contributed by atoms with van der Waals surface area (Å²) in [4.78, 5) is 13.4. The van der Waals surface area contributed by atoms with Crippen LogP contribution in [0.5, 0.6) is 5.75 Å². The molecule has 1 saturated carbocycles. The van der Waals surface area contributed by atoms with Gasteiger partial charge in [-0.15, -0.1) is 0 Å². The highest BCUT2D eigenvalue weighted by atomic mass is 19.1. The molecule has 1 aliphatic carbocycles. The van der Waals surface area contributed by atoms with Gasteiger partial charge in [0, 0.05) is 5.69 Å². The molecule has 150 valence electrons. The van der Waals surface area contributed by atoms with E-state index in [1.54, 1.807) is 12.1 Å². The Balaban J connectivity index is 1.82. The molecule has 1 unspecified atom stereocenters. The van der Waals surface area contributed by atoms with Crippen LogP contribution in [0.2, 0.25) is 0 Å². The molecule has 0 spiro atoms. The zero-order valence-corrected chi connectivity index (χ0v) is 17.1. The highest BCUT2D eigenvalue weighted by Gasteiger charge is 2.41. The maximum absolute atomic E-state index is 13.4. The first kappa shape index (κ1) is 20.4. The second-order valence-corrected chi connectivity index (χ2v) is 7.92. The monoisotopic (exact) mass is 383 g/mol. The summed E-state index contributed by atoms with van der Waals surface area (Å²) in [7, 11) is 0. The Morgan fingerprint density at radius 1 is 1.14 bits per heavy atom. The summed E-state index contributed by atoms with van der Waals surface area (Å²) in [6.45, 7) is 6.13. The number of ether oxygens (including phenoxy) is 1. The Hall–Kier alpha value is -2.36. The molecule has 1 N–H and O–H groups in total. The summed E-state index contributed by atoms with van der Waals surface area (Å²) in [5.74, 6) is 0.565. The van der Waals surface area contributed by atoms with Crippen molar-refractivity contribution in [3.05, 3.63) is 59.4 Å². The normalized spacial score (nSPS) is 17.0. The van der Waals surface area contributed by atoms with Gasteiger partial charge in [0.1, 0.15) is 11.6 Å². The Labute approximate surface area is 167 Å². The van der Waals surface area contributed by atoms with Crippen molar-refractivity contribution in [1.29, 1.82) is 0 Å². The number of carbonyl (C=O) groups is 1. The van der Waals surface area contributed by atoms with Crippen LogP contribution < -0.4 is 10.1 Å². The van der Waals surface area contributed by atoms with E-state index in [9.17, 15) is 9.18 Å². The zero-order chi connectivity index (χ0) is 20.1. The highest BCUT2D eigenvalue weighted by Crippen LogP contribution is 2.40. The molecule has 0 saturated heterocycles. The number of hydrogen-bond acceptors (Lipinski definition) is 2. The smallest absolute Gasteiger partial charge is 0.235 e. The van der Waals surface area contributed by atoms with Gasteiger partial charge in [0.2, 0.25) is 5.91 Å². The van der Waals surface area contributed by atoms with Crippen LogP contribution in [-0.2, 0) is 10.2 Å². The molecule has 0 aromatic heterocycles. The summed E-state index contributed by atoms with van der Waals surface area (Å²) in [6.07, 6.45) is 5.83. The fraction of sp³-hybridized carbons (Fsp3) is 0.458. The van der Waals surface area contributed by atoms with Crippen LogP contribution in [0.3, 0.4) is 0 Å². The lowest BCUT2D eigenvalue weighted by atomic mass is 9.68.